The fourth-order valence-corrected chi connectivity index (χ4v) is 2.74. The van der Waals surface area contributed by atoms with E-state index in [4.69, 9.17) is 28.9 Å². The molecule has 0 radical (unpaired) electrons. The monoisotopic (exact) mass is 322 g/mol. The van der Waals surface area contributed by atoms with Crippen molar-refractivity contribution in [3.05, 3.63) is 22.2 Å². The average molecular weight is 324 g/mol. The van der Waals surface area contributed by atoms with Crippen LogP contribution in [-0.2, 0) is 4.79 Å². The highest BCUT2D eigenvalue weighted by Crippen LogP contribution is 2.36. The van der Waals surface area contributed by atoms with Gasteiger partial charge < -0.3 is 10.6 Å². The Kier molecular flexibility index (Phi) is 3.33. The number of carbonyl (C=O) groups excluding carboxylic acids is 1. The number of nitrogen functional groups attached to an aromatic ring is 1. The van der Waals surface area contributed by atoms with Crippen molar-refractivity contribution >= 4 is 56.4 Å². The maximum Gasteiger partial charge on any atom is 0.228 e. The van der Waals surface area contributed by atoms with Gasteiger partial charge in [0.15, 0.2) is 0 Å². The molecular formula is C10H9BrCl2N2O. The summed E-state index contributed by atoms with van der Waals surface area (Å²) in [6.07, 6.45) is 0.462. The van der Waals surface area contributed by atoms with Gasteiger partial charge in [0.25, 0.3) is 0 Å². The van der Waals surface area contributed by atoms with Gasteiger partial charge in [-0.2, -0.15) is 0 Å². The van der Waals surface area contributed by atoms with Crippen LogP contribution in [0.15, 0.2) is 12.1 Å². The van der Waals surface area contributed by atoms with Gasteiger partial charge in [0, 0.05) is 22.8 Å². The number of hydrogen-bond donors (Lipinski definition) is 1. The second-order valence-electron chi connectivity index (χ2n) is 3.63. The summed E-state index contributed by atoms with van der Waals surface area (Å²) in [6, 6.07) is 3.22. The quantitative estimate of drug-likeness (QED) is 0.637. The van der Waals surface area contributed by atoms with E-state index in [9.17, 15) is 4.79 Å². The van der Waals surface area contributed by atoms with Crippen LogP contribution in [0.1, 0.15) is 6.42 Å². The molecule has 1 aromatic carbocycles. The summed E-state index contributed by atoms with van der Waals surface area (Å²) in [5.74, 6) is 0.0203. The highest BCUT2D eigenvalue weighted by atomic mass is 79.9. The first-order valence-electron chi connectivity index (χ1n) is 4.68. The van der Waals surface area contributed by atoms with Gasteiger partial charge in [-0.3, -0.25) is 4.79 Å². The molecule has 2 rings (SSSR count). The van der Waals surface area contributed by atoms with Gasteiger partial charge in [-0.1, -0.05) is 39.1 Å². The van der Waals surface area contributed by atoms with E-state index < -0.39 is 0 Å². The smallest absolute Gasteiger partial charge is 0.228 e. The standard InChI is InChI=1S/C10H9BrCl2N2O/c11-5-1-9(16)15(4-5)8-3-6(12)2-7(13)10(8)14/h2-3,5H,1,4,14H2. The second-order valence-corrected chi connectivity index (χ2v) is 5.76. The number of benzene rings is 1. The second kappa shape index (κ2) is 4.43. The van der Waals surface area contributed by atoms with Crippen LogP contribution >= 0.6 is 39.1 Å². The van der Waals surface area contributed by atoms with Crippen LogP contribution in [0, 0.1) is 0 Å². The molecule has 1 aromatic rings. The first kappa shape index (κ1) is 12.0. The van der Waals surface area contributed by atoms with Crippen molar-refractivity contribution in [3.63, 3.8) is 0 Å². The lowest BCUT2D eigenvalue weighted by molar-refractivity contribution is -0.117. The molecule has 3 nitrogen and oxygen atoms in total. The van der Waals surface area contributed by atoms with Crippen LogP contribution in [0.4, 0.5) is 11.4 Å². The van der Waals surface area contributed by atoms with Gasteiger partial charge in [0.1, 0.15) is 0 Å². The van der Waals surface area contributed by atoms with E-state index in [2.05, 4.69) is 15.9 Å². The van der Waals surface area contributed by atoms with Crippen LogP contribution in [0.5, 0.6) is 0 Å². The third-order valence-corrected chi connectivity index (χ3v) is 3.59. The third kappa shape index (κ3) is 2.14. The fraction of sp³-hybridized carbons (Fsp3) is 0.300. The Morgan fingerprint density at radius 3 is 2.69 bits per heavy atom. The van der Waals surface area contributed by atoms with E-state index in [1.165, 1.54) is 0 Å². The largest absolute Gasteiger partial charge is 0.396 e. The highest BCUT2D eigenvalue weighted by molar-refractivity contribution is 9.09. The Morgan fingerprint density at radius 2 is 2.12 bits per heavy atom. The molecule has 1 aliphatic heterocycles. The van der Waals surface area contributed by atoms with Crippen molar-refractivity contribution in [2.45, 2.75) is 11.2 Å². The first-order valence-corrected chi connectivity index (χ1v) is 6.35. The summed E-state index contributed by atoms with van der Waals surface area (Å²) in [7, 11) is 0. The van der Waals surface area contributed by atoms with Crippen LogP contribution in [-0.4, -0.2) is 17.3 Å². The van der Waals surface area contributed by atoms with E-state index in [-0.39, 0.29) is 10.7 Å². The Hall–Kier alpha value is -0.450. The lowest BCUT2D eigenvalue weighted by atomic mass is 10.2. The number of alkyl halides is 1. The van der Waals surface area contributed by atoms with E-state index in [0.717, 1.165) is 0 Å². The summed E-state index contributed by atoms with van der Waals surface area (Å²) in [5.41, 5.74) is 6.82. The number of nitrogens with two attached hydrogens (primary N) is 1. The van der Waals surface area contributed by atoms with Crippen LogP contribution in [0.3, 0.4) is 0 Å². The molecule has 1 heterocycles. The minimum Gasteiger partial charge on any atom is -0.396 e. The van der Waals surface area contributed by atoms with Gasteiger partial charge in [-0.25, -0.2) is 0 Å². The third-order valence-electron chi connectivity index (χ3n) is 2.44. The van der Waals surface area contributed by atoms with E-state index in [0.29, 0.717) is 34.4 Å². The van der Waals surface area contributed by atoms with Crippen molar-refractivity contribution < 1.29 is 4.79 Å². The molecule has 6 heteroatoms. The molecule has 0 bridgehead atoms. The van der Waals surface area contributed by atoms with Gasteiger partial charge in [-0.05, 0) is 12.1 Å². The van der Waals surface area contributed by atoms with Crippen molar-refractivity contribution in [1.29, 1.82) is 0 Å². The first-order chi connectivity index (χ1) is 7.49. The number of anilines is 2. The normalized spacial score (nSPS) is 20.6. The lowest BCUT2D eigenvalue weighted by Crippen LogP contribution is -2.25. The van der Waals surface area contributed by atoms with Crippen LogP contribution < -0.4 is 10.6 Å². The maximum absolute atomic E-state index is 11.7. The molecule has 2 N–H and O–H groups in total. The van der Waals surface area contributed by atoms with Gasteiger partial charge in [-0.15, -0.1) is 0 Å². The number of halogens is 3. The van der Waals surface area contributed by atoms with Gasteiger partial charge in [0.2, 0.25) is 5.91 Å². The van der Waals surface area contributed by atoms with Gasteiger partial charge in [0.05, 0.1) is 16.4 Å². The zero-order chi connectivity index (χ0) is 11.9. The summed E-state index contributed by atoms with van der Waals surface area (Å²) >= 11 is 15.2. The summed E-state index contributed by atoms with van der Waals surface area (Å²) in [5, 5.41) is 0.841. The number of nitrogens with zero attached hydrogens (tertiary/aromatic N) is 1. The van der Waals surface area contributed by atoms with Crippen molar-refractivity contribution in [2.24, 2.45) is 0 Å². The predicted octanol–water partition coefficient (Wildman–Crippen LogP) is 3.08. The number of hydrogen-bond acceptors (Lipinski definition) is 2. The molecule has 1 amide bonds. The minimum absolute atomic E-state index is 0.0203. The number of amides is 1. The zero-order valence-electron chi connectivity index (χ0n) is 8.21. The minimum atomic E-state index is 0.0203. The maximum atomic E-state index is 11.7. The van der Waals surface area contributed by atoms with Crippen molar-refractivity contribution in [1.82, 2.24) is 0 Å². The molecule has 16 heavy (non-hydrogen) atoms. The molecule has 1 atom stereocenters. The number of rotatable bonds is 1. The Morgan fingerprint density at radius 1 is 1.44 bits per heavy atom. The molecule has 1 unspecified atom stereocenters. The van der Waals surface area contributed by atoms with Crippen LogP contribution in [0.2, 0.25) is 10.0 Å². The Bertz CT molecular complexity index is 453. The summed E-state index contributed by atoms with van der Waals surface area (Å²) in [6.45, 7) is 0.583. The summed E-state index contributed by atoms with van der Waals surface area (Å²) < 4.78 is 0. The number of carbonyl (C=O) groups is 1. The molecule has 0 aliphatic carbocycles. The molecule has 86 valence electrons. The predicted molar refractivity (Wildman–Crippen MR) is 70.6 cm³/mol. The topological polar surface area (TPSA) is 46.3 Å². The Labute approximate surface area is 112 Å². The lowest BCUT2D eigenvalue weighted by Gasteiger charge is -2.19. The Balaban J connectivity index is 2.44. The molecule has 1 saturated heterocycles. The molecule has 0 spiro atoms. The fourth-order valence-electron chi connectivity index (χ4n) is 1.69. The summed E-state index contributed by atoms with van der Waals surface area (Å²) in [4.78, 5) is 13.5. The zero-order valence-corrected chi connectivity index (χ0v) is 11.3. The van der Waals surface area contributed by atoms with E-state index in [1.54, 1.807) is 17.0 Å². The van der Waals surface area contributed by atoms with Gasteiger partial charge >= 0.3 is 0 Å². The van der Waals surface area contributed by atoms with E-state index >= 15 is 0 Å². The molecule has 1 aliphatic rings. The average Bonchev–Trinajstić information content (AvgIpc) is 2.51. The molecule has 1 fully saturated rings. The van der Waals surface area contributed by atoms with Crippen molar-refractivity contribution in [3.8, 4) is 0 Å². The molecule has 0 saturated carbocycles. The molecular weight excluding hydrogens is 315 g/mol. The van der Waals surface area contributed by atoms with E-state index in [1.807, 2.05) is 0 Å². The van der Waals surface area contributed by atoms with Crippen molar-refractivity contribution in [2.75, 3.05) is 17.2 Å². The molecule has 0 aromatic heterocycles. The SMILES string of the molecule is Nc1c(Cl)cc(Cl)cc1N1CC(Br)CC1=O. The van der Waals surface area contributed by atoms with Crippen LogP contribution in [0.25, 0.3) is 0 Å². The highest BCUT2D eigenvalue weighted by Gasteiger charge is 2.30.